The minimum absolute atomic E-state index is 0. The Balaban J connectivity index is 0.00000353. The van der Waals surface area contributed by atoms with Gasteiger partial charge in [0.15, 0.2) is 27.8 Å². The van der Waals surface area contributed by atoms with Crippen LogP contribution in [-0.4, -0.2) is 56.5 Å². The van der Waals surface area contributed by atoms with Gasteiger partial charge in [-0.25, -0.2) is 29.9 Å². The van der Waals surface area contributed by atoms with Crippen LogP contribution in [0, 0.1) is 6.92 Å². The molecule has 0 aliphatic heterocycles. The third-order valence-electron chi connectivity index (χ3n) is 5.76. The van der Waals surface area contributed by atoms with Crippen LogP contribution in [0.5, 0.6) is 0 Å². The number of aromatic amines is 1. The van der Waals surface area contributed by atoms with Crippen molar-refractivity contribution in [2.24, 2.45) is 10.2 Å². The summed E-state index contributed by atoms with van der Waals surface area (Å²) < 4.78 is 106. The van der Waals surface area contributed by atoms with Crippen LogP contribution in [0.1, 0.15) is 5.69 Å². The zero-order valence-corrected chi connectivity index (χ0v) is 33.7. The van der Waals surface area contributed by atoms with E-state index in [1.807, 2.05) is 0 Å². The minimum Gasteiger partial charge on any atom is -0.744 e. The van der Waals surface area contributed by atoms with Crippen molar-refractivity contribution in [1.29, 1.82) is 0 Å². The Bertz CT molecular complexity index is 2100. The molecule has 0 radical (unpaired) electrons. The first-order valence-electron chi connectivity index (χ1n) is 11.4. The van der Waals surface area contributed by atoms with E-state index in [2.05, 4.69) is 24.7 Å². The molecule has 1 heterocycles. The van der Waals surface area contributed by atoms with Crippen LogP contribution in [0.15, 0.2) is 84.3 Å². The van der Waals surface area contributed by atoms with Crippen LogP contribution >= 0.6 is 12.3 Å². The van der Waals surface area contributed by atoms with Gasteiger partial charge >= 0.3 is 88.7 Å². The van der Waals surface area contributed by atoms with Crippen molar-refractivity contribution in [2.45, 2.75) is 21.6 Å². The average molecular weight is 743 g/mol. The first kappa shape index (κ1) is 43.5. The van der Waals surface area contributed by atoms with Crippen molar-refractivity contribution in [3.63, 3.8) is 0 Å². The largest absolute Gasteiger partial charge is 1.00 e. The van der Waals surface area contributed by atoms with Gasteiger partial charge in [-0.3, -0.25) is 19.1 Å². The Morgan fingerprint density at radius 3 is 2.11 bits per heavy atom. The predicted molar refractivity (Wildman–Crippen MR) is 143 cm³/mol. The number of aryl methyl sites for hydroxylation is 1. The second-order valence-electron chi connectivity index (χ2n) is 8.44. The molecule has 3 aromatic carbocycles. The summed E-state index contributed by atoms with van der Waals surface area (Å²) in [5, 5.41) is 22.4. The summed E-state index contributed by atoms with van der Waals surface area (Å²) in [6.07, 6.45) is 0. The molecule has 1 N–H and O–H groups in total. The summed E-state index contributed by atoms with van der Waals surface area (Å²) in [6.45, 7) is 1.12. The van der Waals surface area contributed by atoms with Crippen molar-refractivity contribution in [3.8, 4) is 5.69 Å². The predicted octanol–water partition coefficient (Wildman–Crippen LogP) is -7.56. The van der Waals surface area contributed by atoms with E-state index in [1.165, 1.54) is 31.2 Å². The zero-order chi connectivity index (χ0) is 31.6. The minimum atomic E-state index is -5.29. The maximum atomic E-state index is 13.1. The van der Waals surface area contributed by atoms with E-state index in [1.54, 1.807) is 0 Å². The fourth-order valence-corrected chi connectivity index (χ4v) is 6.83. The fraction of sp³-hybridized carbons (Fsp3) is 0.136. The number of rotatable bonds is 12. The smallest absolute Gasteiger partial charge is 0.744 e. The molecule has 0 spiro atoms. The fourth-order valence-electron chi connectivity index (χ4n) is 3.92. The monoisotopic (exact) mass is 742 g/mol. The van der Waals surface area contributed by atoms with Crippen LogP contribution in [-0.2, 0) is 43.6 Å². The van der Waals surface area contributed by atoms with E-state index in [0.29, 0.717) is 0 Å². The summed E-state index contributed by atoms with van der Waals surface area (Å²) in [5.41, 5.74) is -1.22. The number of hydrogen-bond donors (Lipinski definition) is 1. The summed E-state index contributed by atoms with van der Waals surface area (Å²) in [4.78, 5) is 11.3. The molecule has 0 atom stereocenters. The van der Waals surface area contributed by atoms with Gasteiger partial charge in [-0.2, -0.15) is 0 Å². The maximum Gasteiger partial charge on any atom is 1.00 e. The summed E-state index contributed by atoms with van der Waals surface area (Å²) in [5.74, 6) is -0.461. The Kier molecular flexibility index (Phi) is 17.0. The molecule has 0 aliphatic rings. The zero-order valence-electron chi connectivity index (χ0n) is 24.4. The molecule has 0 saturated heterocycles. The molecule has 0 unspecified atom stereocenters. The number of sulfone groups is 1. The molecule has 4 rings (SSSR count). The third-order valence-corrected chi connectivity index (χ3v) is 9.65. The van der Waals surface area contributed by atoms with Crippen LogP contribution in [0.2, 0.25) is 0 Å². The number of H-pyrrole nitrogens is 1. The molecule has 46 heavy (non-hydrogen) atoms. The maximum absolute atomic E-state index is 13.1. The molecule has 17 nitrogen and oxygen atoms in total. The topological polar surface area (TPSA) is 262 Å². The van der Waals surface area contributed by atoms with E-state index >= 15 is 0 Å². The standard InChI is InChI=1S/C22H20N4O13S4.3Na/c1-13-20(22(27)26(25-13)14-5-7-15(8-6-14)41(29,30)12-11-37-40-39-38-28)24-23-18-10-9-16-17(21(18)43(34,35)36)3-2-4-19(16)42(31,32)33;;;/h2-10,25,28H,11-12H2,1H3,(H,31,32,33)(H,34,35,36);;;/q;3*+1/p-3. The van der Waals surface area contributed by atoms with Gasteiger partial charge in [0.2, 0.25) is 0 Å². The van der Waals surface area contributed by atoms with Gasteiger partial charge in [-0.15, -0.1) is 14.6 Å². The second-order valence-corrected chi connectivity index (χ2v) is 13.7. The normalized spacial score (nSPS) is 12.0. The molecule has 24 heteroatoms. The SMILES string of the molecule is Cc1[nH]n(-c2ccc(S(=O)(=O)CCOSOO[O-])cc2)c(=O)c1N=Nc1ccc2c(S(=O)(=O)[O-])cccc2c1S(=O)(=O)[O-].[Na+].[Na+].[Na+]. The number of benzene rings is 3. The number of fused-ring (bicyclic) bond motifs is 1. The molecular formula is C22H17N4Na3O13S4. The van der Waals surface area contributed by atoms with Crippen molar-refractivity contribution < 1.29 is 142 Å². The molecule has 0 amide bonds. The van der Waals surface area contributed by atoms with E-state index in [9.17, 15) is 44.4 Å². The van der Waals surface area contributed by atoms with Crippen LogP contribution < -0.4 is 99.5 Å². The Morgan fingerprint density at radius 2 is 1.52 bits per heavy atom. The molecular weight excluding hydrogens is 725 g/mol. The number of nitrogens with one attached hydrogen (secondary N) is 1. The molecule has 0 aliphatic carbocycles. The Labute approximate surface area is 332 Å². The number of azo groups is 1. The molecule has 4 aromatic rings. The van der Waals surface area contributed by atoms with Crippen LogP contribution in [0.3, 0.4) is 0 Å². The van der Waals surface area contributed by atoms with Gasteiger partial charge in [0, 0.05) is 10.8 Å². The van der Waals surface area contributed by atoms with Gasteiger partial charge in [-0.05, 0) is 43.3 Å². The van der Waals surface area contributed by atoms with Gasteiger partial charge in [-0.1, -0.05) is 18.2 Å². The Hall–Kier alpha value is -0.510. The van der Waals surface area contributed by atoms with Gasteiger partial charge < -0.3 is 14.4 Å². The van der Waals surface area contributed by atoms with Crippen molar-refractivity contribution >= 4 is 64.5 Å². The quantitative estimate of drug-likeness (QED) is 0.0269. The number of hydrogen-bond acceptors (Lipinski definition) is 16. The second kappa shape index (κ2) is 17.9. The summed E-state index contributed by atoms with van der Waals surface area (Å²) >= 11 is 0.164. The van der Waals surface area contributed by atoms with E-state index in [4.69, 9.17) is 4.18 Å². The summed E-state index contributed by atoms with van der Waals surface area (Å²) in [7, 11) is -14.1. The molecule has 230 valence electrons. The summed E-state index contributed by atoms with van der Waals surface area (Å²) in [6, 6.07) is 10.3. The van der Waals surface area contributed by atoms with E-state index < -0.39 is 56.9 Å². The first-order valence-corrected chi connectivity index (χ1v) is 16.6. The number of nitrogens with zero attached hydrogens (tertiary/aromatic N) is 3. The third kappa shape index (κ3) is 10.3. The van der Waals surface area contributed by atoms with Gasteiger partial charge in [0.05, 0.1) is 38.4 Å². The van der Waals surface area contributed by atoms with Crippen molar-refractivity contribution in [3.05, 3.63) is 70.6 Å². The number of aromatic nitrogens is 2. The van der Waals surface area contributed by atoms with Crippen molar-refractivity contribution in [1.82, 2.24) is 9.78 Å². The Morgan fingerprint density at radius 1 is 0.870 bits per heavy atom. The molecule has 0 bridgehead atoms. The van der Waals surface area contributed by atoms with Gasteiger partial charge in [0.1, 0.15) is 25.9 Å². The van der Waals surface area contributed by atoms with Crippen LogP contribution in [0.25, 0.3) is 16.5 Å². The van der Waals surface area contributed by atoms with E-state index in [0.717, 1.165) is 35.0 Å². The van der Waals surface area contributed by atoms with E-state index in [-0.39, 0.29) is 140 Å². The van der Waals surface area contributed by atoms with Crippen molar-refractivity contribution in [2.75, 3.05) is 12.4 Å². The van der Waals surface area contributed by atoms with Gasteiger partial charge in [0.25, 0.3) is 5.56 Å². The average Bonchev–Trinajstić information content (AvgIpc) is 3.22. The molecule has 0 saturated carbocycles. The van der Waals surface area contributed by atoms with Crippen LogP contribution in [0.4, 0.5) is 11.4 Å². The molecule has 0 fully saturated rings. The first-order chi connectivity index (χ1) is 20.1. The molecule has 1 aromatic heterocycles.